The van der Waals surface area contributed by atoms with Gasteiger partial charge >= 0.3 is 5.97 Å². The number of esters is 1. The summed E-state index contributed by atoms with van der Waals surface area (Å²) >= 11 is 5.43. The van der Waals surface area contributed by atoms with Gasteiger partial charge in [0.05, 0.1) is 12.8 Å². The molecule has 2 rings (SSSR count). The van der Waals surface area contributed by atoms with Crippen LogP contribution in [0, 0.1) is 3.70 Å². The van der Waals surface area contributed by atoms with E-state index in [-0.39, 0.29) is 0 Å². The Morgan fingerprint density at radius 2 is 1.86 bits per heavy atom. The van der Waals surface area contributed by atoms with Crippen LogP contribution in [0.25, 0.3) is 5.69 Å². The van der Waals surface area contributed by atoms with Crippen molar-refractivity contribution in [2.75, 3.05) is 7.11 Å². The van der Waals surface area contributed by atoms with Gasteiger partial charge in [-0.25, -0.2) is 9.48 Å². The number of rotatable bonds is 3. The lowest BCUT2D eigenvalue weighted by Gasteiger charge is -2.19. The van der Waals surface area contributed by atoms with Crippen molar-refractivity contribution in [1.82, 2.24) is 9.78 Å². The van der Waals surface area contributed by atoms with Crippen molar-refractivity contribution in [3.8, 4) is 11.4 Å². The van der Waals surface area contributed by atoms with E-state index in [1.54, 1.807) is 11.8 Å². The molecule has 2 aromatic rings. The van der Waals surface area contributed by atoms with Gasteiger partial charge in [0.1, 0.15) is 25.2 Å². The number of hydrogen-bond donors (Lipinski definition) is 0. The van der Waals surface area contributed by atoms with Crippen molar-refractivity contribution in [1.29, 1.82) is 0 Å². The molecule has 0 fully saturated rings. The molecule has 118 valence electrons. The lowest BCUT2D eigenvalue weighted by Crippen LogP contribution is -2.24. The molecule has 0 N–H and O–H groups in total. The summed E-state index contributed by atoms with van der Waals surface area (Å²) in [5.74, 6) is 0.362. The zero-order valence-electron chi connectivity index (χ0n) is 12.7. The summed E-state index contributed by atoms with van der Waals surface area (Å²) in [6, 6.07) is 7.43. The Kier molecular flexibility index (Phi) is 5.16. The van der Waals surface area contributed by atoms with Crippen molar-refractivity contribution in [3.05, 3.63) is 38.1 Å². The minimum atomic E-state index is -0.554. The van der Waals surface area contributed by atoms with Gasteiger partial charge in [-0.1, -0.05) is 0 Å². The predicted molar refractivity (Wildman–Crippen MR) is 95.7 cm³/mol. The number of nitrogens with zero attached hydrogens (tertiary/aromatic N) is 2. The Morgan fingerprint density at radius 3 is 2.36 bits per heavy atom. The monoisotopic (exact) mass is 478 g/mol. The van der Waals surface area contributed by atoms with Gasteiger partial charge in [0.25, 0.3) is 0 Å². The predicted octanol–water partition coefficient (Wildman–Crippen LogP) is 4.20. The maximum Gasteiger partial charge on any atom is 0.344 e. The highest BCUT2D eigenvalue weighted by Gasteiger charge is 2.26. The van der Waals surface area contributed by atoms with Crippen LogP contribution in [0.2, 0.25) is 0 Å². The number of methoxy groups -OCH3 is 1. The number of aromatic nitrogens is 2. The number of hydrogen-bond acceptors (Lipinski definition) is 4. The van der Waals surface area contributed by atoms with Crippen molar-refractivity contribution in [2.24, 2.45) is 0 Å². The first-order chi connectivity index (χ1) is 10.2. The van der Waals surface area contributed by atoms with E-state index in [2.05, 4.69) is 43.6 Å². The fourth-order valence-corrected chi connectivity index (χ4v) is 3.51. The topological polar surface area (TPSA) is 53.4 Å². The van der Waals surface area contributed by atoms with Crippen molar-refractivity contribution >= 4 is 44.5 Å². The van der Waals surface area contributed by atoms with Gasteiger partial charge in [-0.3, -0.25) is 0 Å². The molecule has 0 saturated heterocycles. The number of carbonyl (C=O) groups is 1. The molecule has 0 spiro atoms. The largest absolute Gasteiger partial charge is 0.497 e. The SMILES string of the molecule is COc1ccc(-n2nc(Br)c(C(=O)OC(C)(C)C)c2I)cc1. The third kappa shape index (κ3) is 3.81. The van der Waals surface area contributed by atoms with Gasteiger partial charge < -0.3 is 9.47 Å². The first-order valence-electron chi connectivity index (χ1n) is 6.54. The molecule has 22 heavy (non-hydrogen) atoms. The first-order valence-corrected chi connectivity index (χ1v) is 8.42. The summed E-state index contributed by atoms with van der Waals surface area (Å²) < 4.78 is 13.4. The molecule has 7 heteroatoms. The molecule has 0 aliphatic carbocycles. The molecular formula is C15H16BrIN2O3. The fraction of sp³-hybridized carbons (Fsp3) is 0.333. The third-order valence-corrected chi connectivity index (χ3v) is 4.26. The van der Waals surface area contributed by atoms with Gasteiger partial charge in [-0.05, 0) is 83.6 Å². The fourth-order valence-electron chi connectivity index (χ4n) is 1.76. The van der Waals surface area contributed by atoms with Gasteiger partial charge in [-0.2, -0.15) is 5.10 Å². The van der Waals surface area contributed by atoms with Crippen LogP contribution in [0.5, 0.6) is 5.75 Å². The summed E-state index contributed by atoms with van der Waals surface area (Å²) in [5.41, 5.74) is 0.703. The number of carbonyl (C=O) groups excluding carboxylic acids is 1. The van der Waals surface area contributed by atoms with Gasteiger partial charge in [0, 0.05) is 0 Å². The zero-order chi connectivity index (χ0) is 16.5. The van der Waals surface area contributed by atoms with Crippen LogP contribution < -0.4 is 4.74 Å². The van der Waals surface area contributed by atoms with Crippen molar-refractivity contribution < 1.29 is 14.3 Å². The highest BCUT2D eigenvalue weighted by molar-refractivity contribution is 14.1. The molecule has 0 amide bonds. The average Bonchev–Trinajstić information content (AvgIpc) is 2.72. The molecule has 0 saturated carbocycles. The van der Waals surface area contributed by atoms with Crippen LogP contribution in [-0.4, -0.2) is 28.5 Å². The van der Waals surface area contributed by atoms with E-state index >= 15 is 0 Å². The van der Waals surface area contributed by atoms with Crippen LogP contribution in [0.3, 0.4) is 0 Å². The third-order valence-electron chi connectivity index (χ3n) is 2.71. The van der Waals surface area contributed by atoms with E-state index in [0.717, 1.165) is 11.4 Å². The van der Waals surface area contributed by atoms with Crippen molar-refractivity contribution in [2.45, 2.75) is 26.4 Å². The number of benzene rings is 1. The van der Waals surface area contributed by atoms with E-state index in [1.165, 1.54) is 0 Å². The Hall–Kier alpha value is -1.09. The molecule has 1 aromatic heterocycles. The van der Waals surface area contributed by atoms with Gasteiger partial charge in [0.2, 0.25) is 0 Å². The maximum atomic E-state index is 12.3. The van der Waals surface area contributed by atoms with Gasteiger partial charge in [-0.15, -0.1) is 0 Å². The molecular weight excluding hydrogens is 463 g/mol. The highest BCUT2D eigenvalue weighted by Crippen LogP contribution is 2.27. The van der Waals surface area contributed by atoms with Crippen LogP contribution >= 0.6 is 38.5 Å². The lowest BCUT2D eigenvalue weighted by molar-refractivity contribution is 0.00672. The lowest BCUT2D eigenvalue weighted by atomic mass is 10.2. The summed E-state index contributed by atoms with van der Waals surface area (Å²) in [6.45, 7) is 5.50. The second kappa shape index (κ2) is 6.57. The molecule has 5 nitrogen and oxygen atoms in total. The minimum Gasteiger partial charge on any atom is -0.497 e. The summed E-state index contributed by atoms with van der Waals surface area (Å²) in [7, 11) is 1.61. The molecule has 1 heterocycles. The highest BCUT2D eigenvalue weighted by atomic mass is 127. The smallest absolute Gasteiger partial charge is 0.344 e. The zero-order valence-corrected chi connectivity index (χ0v) is 16.4. The first kappa shape index (κ1) is 17.3. The van der Waals surface area contributed by atoms with E-state index < -0.39 is 11.6 Å². The molecule has 0 aliphatic rings. The number of ether oxygens (including phenoxy) is 2. The van der Waals surface area contributed by atoms with E-state index in [0.29, 0.717) is 13.9 Å². The molecule has 0 unspecified atom stereocenters. The molecule has 0 radical (unpaired) electrons. The maximum absolute atomic E-state index is 12.3. The Balaban J connectivity index is 2.39. The average molecular weight is 479 g/mol. The standard InChI is InChI=1S/C15H16BrIN2O3/c1-15(2,3)22-14(20)11-12(16)18-19(13(11)17)9-5-7-10(21-4)8-6-9/h5-8H,1-4H3. The Labute approximate surface area is 151 Å². The molecule has 0 aliphatic heterocycles. The van der Waals surface area contributed by atoms with E-state index in [4.69, 9.17) is 9.47 Å². The quantitative estimate of drug-likeness (QED) is 0.490. The minimum absolute atomic E-state index is 0.400. The Morgan fingerprint density at radius 1 is 1.27 bits per heavy atom. The Bertz CT molecular complexity index is 690. The van der Waals surface area contributed by atoms with Crippen LogP contribution in [0.4, 0.5) is 0 Å². The summed E-state index contributed by atoms with van der Waals surface area (Å²) in [4.78, 5) is 12.3. The van der Waals surface area contributed by atoms with Crippen LogP contribution in [0.15, 0.2) is 28.9 Å². The second-order valence-electron chi connectivity index (χ2n) is 5.57. The molecule has 1 aromatic carbocycles. The normalized spacial score (nSPS) is 11.4. The number of halogens is 2. The summed E-state index contributed by atoms with van der Waals surface area (Å²) in [5, 5.41) is 4.37. The van der Waals surface area contributed by atoms with E-state index in [9.17, 15) is 4.79 Å². The van der Waals surface area contributed by atoms with Crippen molar-refractivity contribution in [3.63, 3.8) is 0 Å². The molecule has 0 atom stereocenters. The van der Waals surface area contributed by atoms with Crippen LogP contribution in [-0.2, 0) is 4.74 Å². The van der Waals surface area contributed by atoms with E-state index in [1.807, 2.05) is 45.0 Å². The second-order valence-corrected chi connectivity index (χ2v) is 7.34. The molecule has 0 bridgehead atoms. The van der Waals surface area contributed by atoms with Crippen LogP contribution in [0.1, 0.15) is 31.1 Å². The summed E-state index contributed by atoms with van der Waals surface area (Å²) in [6.07, 6.45) is 0. The van der Waals surface area contributed by atoms with Gasteiger partial charge in [0.15, 0.2) is 0 Å².